The summed E-state index contributed by atoms with van der Waals surface area (Å²) in [6, 6.07) is 13.4. The molecule has 0 atom stereocenters. The maximum absolute atomic E-state index is 13.0. The zero-order valence-corrected chi connectivity index (χ0v) is 17.1. The molecule has 0 unspecified atom stereocenters. The van der Waals surface area contributed by atoms with Gasteiger partial charge in [-0.25, -0.2) is 8.42 Å². The van der Waals surface area contributed by atoms with E-state index in [9.17, 15) is 8.42 Å². The molecule has 5 rings (SSSR count). The molecule has 0 N–H and O–H groups in total. The quantitative estimate of drug-likeness (QED) is 0.742. The van der Waals surface area contributed by atoms with E-state index in [0.29, 0.717) is 24.6 Å². The van der Waals surface area contributed by atoms with Crippen molar-refractivity contribution < 1.29 is 17.9 Å². The monoisotopic (exact) mass is 415 g/mol. The summed E-state index contributed by atoms with van der Waals surface area (Å²) < 4.78 is 38.2. The molecular weight excluding hydrogens is 390 g/mol. The van der Waals surface area contributed by atoms with E-state index in [2.05, 4.69) is 34.1 Å². The van der Waals surface area contributed by atoms with Crippen LogP contribution in [0.3, 0.4) is 0 Å². The van der Waals surface area contributed by atoms with Gasteiger partial charge in [-0.3, -0.25) is 4.90 Å². The van der Waals surface area contributed by atoms with Gasteiger partial charge in [0.2, 0.25) is 16.8 Å². The van der Waals surface area contributed by atoms with Crippen LogP contribution >= 0.6 is 0 Å². The van der Waals surface area contributed by atoms with Crippen LogP contribution in [0.25, 0.3) is 0 Å². The molecule has 0 radical (unpaired) electrons. The van der Waals surface area contributed by atoms with Gasteiger partial charge < -0.3 is 14.4 Å². The van der Waals surface area contributed by atoms with Gasteiger partial charge in [-0.1, -0.05) is 18.2 Å². The first-order valence-electron chi connectivity index (χ1n) is 10.1. The van der Waals surface area contributed by atoms with Crippen molar-refractivity contribution in [3.05, 3.63) is 48.0 Å². The van der Waals surface area contributed by atoms with Crippen LogP contribution in [0.1, 0.15) is 5.56 Å². The Hall–Kier alpha value is -2.29. The van der Waals surface area contributed by atoms with Crippen molar-refractivity contribution in [2.75, 3.05) is 57.5 Å². The molecule has 1 saturated heterocycles. The van der Waals surface area contributed by atoms with E-state index in [-0.39, 0.29) is 11.7 Å². The number of hydrogen-bond acceptors (Lipinski definition) is 6. The highest BCUT2D eigenvalue weighted by Gasteiger charge is 2.30. The number of para-hydroxylation sites is 1. The van der Waals surface area contributed by atoms with Crippen LogP contribution in [-0.4, -0.2) is 70.2 Å². The van der Waals surface area contributed by atoms with Crippen LogP contribution in [-0.2, 0) is 16.4 Å². The molecule has 0 saturated carbocycles. The normalized spacial score (nSPS) is 19.5. The molecule has 0 aromatic heterocycles. The van der Waals surface area contributed by atoms with E-state index >= 15 is 0 Å². The van der Waals surface area contributed by atoms with Gasteiger partial charge in [0.25, 0.3) is 0 Å². The summed E-state index contributed by atoms with van der Waals surface area (Å²) in [5, 5.41) is 0. The molecule has 3 aliphatic rings. The number of ether oxygens (including phenoxy) is 2. The summed E-state index contributed by atoms with van der Waals surface area (Å²) in [4.78, 5) is 5.06. The van der Waals surface area contributed by atoms with Gasteiger partial charge >= 0.3 is 0 Å². The second-order valence-electron chi connectivity index (χ2n) is 7.63. The van der Waals surface area contributed by atoms with E-state index in [1.807, 2.05) is 0 Å². The molecule has 0 amide bonds. The average Bonchev–Trinajstić information content (AvgIpc) is 3.39. The number of piperazine rings is 1. The zero-order valence-electron chi connectivity index (χ0n) is 16.3. The van der Waals surface area contributed by atoms with E-state index < -0.39 is 10.0 Å². The largest absolute Gasteiger partial charge is 0.454 e. The summed E-state index contributed by atoms with van der Waals surface area (Å²) in [5.41, 5.74) is 2.77. The Balaban J connectivity index is 1.17. The fourth-order valence-corrected chi connectivity index (χ4v) is 5.72. The molecule has 154 valence electrons. The lowest BCUT2D eigenvalue weighted by molar-refractivity contribution is 0.174. The van der Waals surface area contributed by atoms with Crippen LogP contribution in [0.5, 0.6) is 11.5 Å². The first-order valence-corrected chi connectivity index (χ1v) is 11.5. The molecule has 29 heavy (non-hydrogen) atoms. The number of fused-ring (bicyclic) bond motifs is 2. The third-order valence-corrected chi connectivity index (χ3v) is 7.88. The second kappa shape index (κ2) is 7.51. The van der Waals surface area contributed by atoms with Gasteiger partial charge in [0.15, 0.2) is 11.5 Å². The number of anilines is 1. The van der Waals surface area contributed by atoms with Crippen molar-refractivity contribution >= 4 is 15.7 Å². The molecule has 8 heteroatoms. The Kier molecular flexibility index (Phi) is 4.85. The Morgan fingerprint density at radius 1 is 0.862 bits per heavy atom. The predicted octanol–water partition coefficient (Wildman–Crippen LogP) is 1.78. The van der Waals surface area contributed by atoms with Crippen LogP contribution in [0.4, 0.5) is 5.69 Å². The lowest BCUT2D eigenvalue weighted by Crippen LogP contribution is -2.50. The van der Waals surface area contributed by atoms with Crippen molar-refractivity contribution in [1.29, 1.82) is 0 Å². The highest BCUT2D eigenvalue weighted by molar-refractivity contribution is 7.89. The minimum absolute atomic E-state index is 0.138. The fraction of sp³-hybridized carbons (Fsp3) is 0.429. The summed E-state index contributed by atoms with van der Waals surface area (Å²) in [5.74, 6) is 1.09. The number of benzene rings is 2. The first-order chi connectivity index (χ1) is 14.1. The van der Waals surface area contributed by atoms with Gasteiger partial charge in [-0.15, -0.1) is 0 Å². The summed E-state index contributed by atoms with van der Waals surface area (Å²) in [6.45, 7) is 5.65. The average molecular weight is 416 g/mol. The number of hydrogen-bond donors (Lipinski definition) is 0. The van der Waals surface area contributed by atoms with E-state index in [1.54, 1.807) is 22.5 Å². The molecule has 2 aromatic rings. The molecule has 1 fully saturated rings. The van der Waals surface area contributed by atoms with Gasteiger partial charge in [0.1, 0.15) is 0 Å². The smallest absolute Gasteiger partial charge is 0.243 e. The Bertz CT molecular complexity index is 1000. The van der Waals surface area contributed by atoms with Crippen LogP contribution in [0.15, 0.2) is 47.4 Å². The van der Waals surface area contributed by atoms with Gasteiger partial charge in [-0.05, 0) is 30.2 Å². The van der Waals surface area contributed by atoms with E-state index in [0.717, 1.165) is 39.1 Å². The summed E-state index contributed by atoms with van der Waals surface area (Å²) in [7, 11) is -3.52. The third-order valence-electron chi connectivity index (χ3n) is 5.98. The van der Waals surface area contributed by atoms with Crippen LogP contribution < -0.4 is 14.4 Å². The van der Waals surface area contributed by atoms with Crippen molar-refractivity contribution in [2.45, 2.75) is 11.3 Å². The molecule has 0 aliphatic carbocycles. The van der Waals surface area contributed by atoms with E-state index in [1.165, 1.54) is 11.3 Å². The van der Waals surface area contributed by atoms with E-state index in [4.69, 9.17) is 9.47 Å². The third kappa shape index (κ3) is 3.56. The lowest BCUT2D eigenvalue weighted by Gasteiger charge is -2.35. The minimum atomic E-state index is -3.52. The highest BCUT2D eigenvalue weighted by Crippen LogP contribution is 2.34. The number of sulfonamides is 1. The topological polar surface area (TPSA) is 62.3 Å². The molecule has 0 bridgehead atoms. The fourth-order valence-electron chi connectivity index (χ4n) is 4.28. The Labute approximate surface area is 171 Å². The molecule has 0 spiro atoms. The molecule has 3 heterocycles. The maximum Gasteiger partial charge on any atom is 0.243 e. The Morgan fingerprint density at radius 3 is 2.52 bits per heavy atom. The number of nitrogens with zero attached hydrogens (tertiary/aromatic N) is 3. The van der Waals surface area contributed by atoms with Gasteiger partial charge in [0.05, 0.1) is 4.90 Å². The lowest BCUT2D eigenvalue weighted by atomic mass is 10.2. The minimum Gasteiger partial charge on any atom is -0.454 e. The standard InChI is InChI=1S/C21H25N3O4S/c25-29(26,18-5-6-20-21(15-18)28-16-27-20)24-13-10-22(11-14-24)9-12-23-8-7-17-3-1-2-4-19(17)23/h1-6,15H,7-14,16H2. The summed E-state index contributed by atoms with van der Waals surface area (Å²) >= 11 is 0. The molecule has 7 nitrogen and oxygen atoms in total. The molecular formula is C21H25N3O4S. The second-order valence-corrected chi connectivity index (χ2v) is 9.56. The van der Waals surface area contributed by atoms with Crippen molar-refractivity contribution in [1.82, 2.24) is 9.21 Å². The van der Waals surface area contributed by atoms with Crippen molar-refractivity contribution in [2.24, 2.45) is 0 Å². The molecule has 2 aromatic carbocycles. The highest BCUT2D eigenvalue weighted by atomic mass is 32.2. The maximum atomic E-state index is 13.0. The molecule has 3 aliphatic heterocycles. The summed E-state index contributed by atoms with van der Waals surface area (Å²) in [6.07, 6.45) is 1.11. The Morgan fingerprint density at radius 2 is 1.66 bits per heavy atom. The predicted molar refractivity (Wildman–Crippen MR) is 110 cm³/mol. The first kappa shape index (κ1) is 18.7. The SMILES string of the molecule is O=S(=O)(c1ccc2c(c1)OCO2)N1CCN(CCN2CCc3ccccc32)CC1. The van der Waals surface area contributed by atoms with Gasteiger partial charge in [0, 0.05) is 57.6 Å². The van der Waals surface area contributed by atoms with Gasteiger partial charge in [-0.2, -0.15) is 4.31 Å². The van der Waals surface area contributed by atoms with Crippen LogP contribution in [0, 0.1) is 0 Å². The zero-order chi connectivity index (χ0) is 19.8. The van der Waals surface area contributed by atoms with Crippen molar-refractivity contribution in [3.8, 4) is 11.5 Å². The van der Waals surface area contributed by atoms with Crippen LogP contribution in [0.2, 0.25) is 0 Å². The number of rotatable bonds is 5. The van der Waals surface area contributed by atoms with Crippen molar-refractivity contribution in [3.63, 3.8) is 0 Å².